The van der Waals surface area contributed by atoms with Gasteiger partial charge in [-0.2, -0.15) is 0 Å². The van der Waals surface area contributed by atoms with Gasteiger partial charge in [-0.05, 0) is 41.5 Å². The summed E-state index contributed by atoms with van der Waals surface area (Å²) in [4.78, 5) is 11.8. The number of hydrogen-bond acceptors (Lipinski definition) is 2. The molecule has 0 fully saturated rings. The molecule has 0 bridgehead atoms. The molecular weight excluding hydrogens is 398 g/mol. The minimum absolute atomic E-state index is 0.289. The van der Waals surface area contributed by atoms with Gasteiger partial charge in [-0.1, -0.05) is 35.4 Å². The lowest BCUT2D eigenvalue weighted by molar-refractivity contribution is -0.274. The zero-order valence-corrected chi connectivity index (χ0v) is 13.5. The minimum atomic E-state index is -4.72. The topological polar surface area (TPSA) is 38.3 Å². The summed E-state index contributed by atoms with van der Waals surface area (Å²) >= 11 is 2.33. The predicted octanol–water partition coefficient (Wildman–Crippen LogP) is 4.31. The van der Waals surface area contributed by atoms with E-state index in [9.17, 15) is 18.0 Å². The van der Waals surface area contributed by atoms with Crippen molar-refractivity contribution < 1.29 is 22.7 Å². The summed E-state index contributed by atoms with van der Waals surface area (Å²) in [5.41, 5.74) is 0.316. The van der Waals surface area contributed by atoms with Crippen molar-refractivity contribution >= 4 is 28.5 Å². The van der Waals surface area contributed by atoms with Crippen molar-refractivity contribution in [3.8, 4) is 5.75 Å². The van der Waals surface area contributed by atoms with Crippen molar-refractivity contribution in [3.05, 3.63) is 29.8 Å². The normalized spacial score (nSPS) is 11.2. The number of unbranched alkanes of at least 4 members (excludes halogenated alkanes) is 3. The van der Waals surface area contributed by atoms with Gasteiger partial charge in [-0.15, -0.1) is 13.2 Å². The maximum absolute atomic E-state index is 12.0. The third-order valence-electron chi connectivity index (χ3n) is 2.70. The first-order valence-electron chi connectivity index (χ1n) is 6.62. The van der Waals surface area contributed by atoms with Crippen LogP contribution >= 0.6 is 22.6 Å². The van der Waals surface area contributed by atoms with E-state index in [1.54, 1.807) is 0 Å². The number of rotatable bonds is 8. The molecule has 7 heteroatoms. The monoisotopic (exact) mass is 415 g/mol. The second kappa shape index (κ2) is 9.11. The molecule has 0 aliphatic rings. The Bertz CT molecular complexity index is 435. The van der Waals surface area contributed by atoms with Gasteiger partial charge in [0.2, 0.25) is 0 Å². The Balaban J connectivity index is 2.34. The minimum Gasteiger partial charge on any atom is -0.406 e. The second-order valence-electron chi connectivity index (χ2n) is 4.43. The number of hydrogen-bond donors (Lipinski definition) is 1. The van der Waals surface area contributed by atoms with Gasteiger partial charge in [0, 0.05) is 12.1 Å². The molecule has 1 aromatic carbocycles. The predicted molar refractivity (Wildman–Crippen MR) is 82.8 cm³/mol. The van der Waals surface area contributed by atoms with Crippen LogP contribution in [0.4, 0.5) is 13.2 Å². The molecule has 21 heavy (non-hydrogen) atoms. The van der Waals surface area contributed by atoms with Crippen molar-refractivity contribution in [2.24, 2.45) is 0 Å². The van der Waals surface area contributed by atoms with Crippen molar-refractivity contribution in [2.45, 2.75) is 32.0 Å². The van der Waals surface area contributed by atoms with Crippen LogP contribution in [0.1, 0.15) is 36.0 Å². The molecule has 0 aromatic heterocycles. The standard InChI is InChI=1S/C14H17F3INO2/c15-14(16,17)21-12-7-5-11(6-8-12)13(20)19-10-4-2-1-3-9-18/h5-8H,1-4,9-10H2,(H,19,20). The summed E-state index contributed by atoms with van der Waals surface area (Å²) in [5.74, 6) is -0.625. The van der Waals surface area contributed by atoms with Gasteiger partial charge in [0.25, 0.3) is 5.91 Å². The molecule has 0 unspecified atom stereocenters. The van der Waals surface area contributed by atoms with E-state index in [0.29, 0.717) is 12.1 Å². The Morgan fingerprint density at radius 1 is 1.10 bits per heavy atom. The van der Waals surface area contributed by atoms with E-state index < -0.39 is 6.36 Å². The van der Waals surface area contributed by atoms with Gasteiger partial charge in [-0.25, -0.2) is 0 Å². The van der Waals surface area contributed by atoms with Gasteiger partial charge in [0.05, 0.1) is 0 Å². The first-order valence-corrected chi connectivity index (χ1v) is 8.15. The fourth-order valence-corrected chi connectivity index (χ4v) is 2.22. The molecule has 1 rings (SSSR count). The van der Waals surface area contributed by atoms with Crippen molar-refractivity contribution in [1.29, 1.82) is 0 Å². The second-order valence-corrected chi connectivity index (χ2v) is 5.51. The SMILES string of the molecule is O=C(NCCCCCCI)c1ccc(OC(F)(F)F)cc1. The summed E-state index contributed by atoms with van der Waals surface area (Å²) in [6.07, 6.45) is -0.446. The molecular formula is C14H17F3INO2. The molecule has 0 atom stereocenters. The Morgan fingerprint density at radius 3 is 2.29 bits per heavy atom. The van der Waals surface area contributed by atoms with Crippen molar-refractivity contribution in [1.82, 2.24) is 5.32 Å². The molecule has 0 radical (unpaired) electrons. The summed E-state index contributed by atoms with van der Waals surface area (Å²) in [6, 6.07) is 4.88. The van der Waals surface area contributed by atoms with Crippen molar-refractivity contribution in [3.63, 3.8) is 0 Å². The maximum Gasteiger partial charge on any atom is 0.573 e. The first kappa shape index (κ1) is 18.1. The number of amides is 1. The number of ether oxygens (including phenoxy) is 1. The van der Waals surface area contributed by atoms with Gasteiger partial charge in [-0.3, -0.25) is 4.79 Å². The third-order valence-corrected chi connectivity index (χ3v) is 3.46. The fraction of sp³-hybridized carbons (Fsp3) is 0.500. The number of alkyl halides is 4. The Morgan fingerprint density at radius 2 is 1.71 bits per heavy atom. The van der Waals surface area contributed by atoms with E-state index in [0.717, 1.165) is 35.8 Å². The van der Waals surface area contributed by atoms with Crippen LogP contribution in [0.25, 0.3) is 0 Å². The van der Waals surface area contributed by atoms with E-state index in [1.165, 1.54) is 18.6 Å². The quantitative estimate of drug-likeness (QED) is 0.391. The van der Waals surface area contributed by atoms with Gasteiger partial charge >= 0.3 is 6.36 Å². The zero-order chi connectivity index (χ0) is 15.7. The van der Waals surface area contributed by atoms with E-state index in [1.807, 2.05) is 0 Å². The summed E-state index contributed by atoms with van der Waals surface area (Å²) in [7, 11) is 0. The molecule has 0 aliphatic heterocycles. The highest BCUT2D eigenvalue weighted by molar-refractivity contribution is 14.1. The number of carbonyl (C=O) groups is 1. The average Bonchev–Trinajstić information content (AvgIpc) is 2.41. The van der Waals surface area contributed by atoms with Crippen molar-refractivity contribution in [2.75, 3.05) is 11.0 Å². The van der Waals surface area contributed by atoms with Crippen LogP contribution in [0.2, 0.25) is 0 Å². The highest BCUT2D eigenvalue weighted by Crippen LogP contribution is 2.22. The third kappa shape index (κ3) is 8.13. The number of halogens is 4. The average molecular weight is 415 g/mol. The van der Waals surface area contributed by atoms with Crippen LogP contribution < -0.4 is 10.1 Å². The lowest BCUT2D eigenvalue weighted by Gasteiger charge is -2.09. The smallest absolute Gasteiger partial charge is 0.406 e. The van der Waals surface area contributed by atoms with Gasteiger partial charge < -0.3 is 10.1 Å². The van der Waals surface area contributed by atoms with Crippen LogP contribution in [-0.2, 0) is 0 Å². The molecule has 0 aliphatic carbocycles. The molecule has 1 amide bonds. The lowest BCUT2D eigenvalue weighted by atomic mass is 10.2. The summed E-state index contributed by atoms with van der Waals surface area (Å²) in [6.45, 7) is 0.570. The van der Waals surface area contributed by atoms with Crippen LogP contribution in [-0.4, -0.2) is 23.2 Å². The Hall–Kier alpha value is -0.990. The first-order chi connectivity index (χ1) is 9.92. The number of benzene rings is 1. The molecule has 0 saturated carbocycles. The van der Waals surface area contributed by atoms with Gasteiger partial charge in [0.15, 0.2) is 0 Å². The zero-order valence-electron chi connectivity index (χ0n) is 11.4. The maximum atomic E-state index is 12.0. The molecule has 1 aromatic rings. The molecule has 0 heterocycles. The molecule has 0 saturated heterocycles. The highest BCUT2D eigenvalue weighted by atomic mass is 127. The molecule has 0 spiro atoms. The largest absolute Gasteiger partial charge is 0.573 e. The molecule has 118 valence electrons. The van der Waals surface area contributed by atoms with E-state index in [2.05, 4.69) is 32.6 Å². The number of carbonyl (C=O) groups excluding carboxylic acids is 1. The Kier molecular flexibility index (Phi) is 7.84. The number of nitrogens with one attached hydrogen (secondary N) is 1. The summed E-state index contributed by atoms with van der Waals surface area (Å²) in [5, 5.41) is 2.74. The molecule has 1 N–H and O–H groups in total. The van der Waals surface area contributed by atoms with Gasteiger partial charge in [0.1, 0.15) is 5.75 Å². The van der Waals surface area contributed by atoms with E-state index in [-0.39, 0.29) is 11.7 Å². The van der Waals surface area contributed by atoms with Crippen LogP contribution in [0.3, 0.4) is 0 Å². The Labute approximate surface area is 135 Å². The van der Waals surface area contributed by atoms with E-state index in [4.69, 9.17) is 0 Å². The van der Waals surface area contributed by atoms with Crippen LogP contribution in [0.5, 0.6) is 5.75 Å². The van der Waals surface area contributed by atoms with Crippen LogP contribution in [0.15, 0.2) is 24.3 Å². The van der Waals surface area contributed by atoms with E-state index >= 15 is 0 Å². The summed E-state index contributed by atoms with van der Waals surface area (Å²) < 4.78 is 40.9. The fourth-order valence-electron chi connectivity index (χ4n) is 1.69. The molecule has 3 nitrogen and oxygen atoms in total. The highest BCUT2D eigenvalue weighted by Gasteiger charge is 2.31. The lowest BCUT2D eigenvalue weighted by Crippen LogP contribution is -2.24. The van der Waals surface area contributed by atoms with Crippen LogP contribution in [0, 0.1) is 0 Å².